The fourth-order valence-electron chi connectivity index (χ4n) is 2.86. The smallest absolute Gasteiger partial charge is 0.215 e. The van der Waals surface area contributed by atoms with E-state index in [1.807, 2.05) is 50.2 Å². The van der Waals surface area contributed by atoms with Gasteiger partial charge in [-0.2, -0.15) is 0 Å². The molecule has 22 heavy (non-hydrogen) atoms. The van der Waals surface area contributed by atoms with E-state index in [9.17, 15) is 9.90 Å². The van der Waals surface area contributed by atoms with E-state index < -0.39 is 0 Å². The highest BCUT2D eigenvalue weighted by Gasteiger charge is 2.29. The number of H-pyrrole nitrogens is 1. The molecule has 1 aliphatic rings. The summed E-state index contributed by atoms with van der Waals surface area (Å²) in [5.74, 6) is -0.0763. The molecule has 4 nitrogen and oxygen atoms in total. The summed E-state index contributed by atoms with van der Waals surface area (Å²) in [5, 5.41) is 11.2. The van der Waals surface area contributed by atoms with E-state index in [0.717, 1.165) is 16.6 Å². The average Bonchev–Trinajstić information content (AvgIpc) is 2.98. The first-order chi connectivity index (χ1) is 10.5. The summed E-state index contributed by atoms with van der Waals surface area (Å²) in [4.78, 5) is 20.1. The zero-order valence-corrected chi connectivity index (χ0v) is 12.3. The van der Waals surface area contributed by atoms with Gasteiger partial charge in [-0.15, -0.1) is 0 Å². The van der Waals surface area contributed by atoms with Crippen LogP contribution in [-0.4, -0.2) is 21.6 Å². The van der Waals surface area contributed by atoms with Crippen LogP contribution in [0.3, 0.4) is 0 Å². The number of aliphatic imine (C=N–C) groups is 1. The summed E-state index contributed by atoms with van der Waals surface area (Å²) in [5.41, 5.74) is 4.75. The highest BCUT2D eigenvalue weighted by atomic mass is 16.3. The van der Waals surface area contributed by atoms with Crippen molar-refractivity contribution in [1.82, 2.24) is 4.98 Å². The first-order valence-corrected chi connectivity index (χ1v) is 7.10. The second-order valence-corrected chi connectivity index (χ2v) is 5.71. The number of carbonyl (C=O) groups is 1. The number of Topliss-reactive ketones (excluding diaryl/α,β-unsaturated/α-hetero) is 1. The van der Waals surface area contributed by atoms with Crippen molar-refractivity contribution in [1.29, 1.82) is 0 Å². The molecule has 108 valence electrons. The van der Waals surface area contributed by atoms with Crippen LogP contribution in [0.5, 0.6) is 5.75 Å². The number of ketones is 1. The molecule has 0 radical (unpaired) electrons. The molecule has 1 aromatic heterocycles. The summed E-state index contributed by atoms with van der Waals surface area (Å²) < 4.78 is 0. The molecular formula is C18H14N2O2. The Morgan fingerprint density at radius 3 is 2.59 bits per heavy atom. The Morgan fingerprint density at radius 1 is 1.05 bits per heavy atom. The second kappa shape index (κ2) is 4.31. The molecule has 1 aliphatic heterocycles. The van der Waals surface area contributed by atoms with E-state index in [0.29, 0.717) is 22.3 Å². The maximum absolute atomic E-state index is 12.6. The van der Waals surface area contributed by atoms with Crippen LogP contribution in [0.1, 0.15) is 27.2 Å². The molecule has 0 atom stereocenters. The first kappa shape index (κ1) is 12.8. The number of carbonyl (C=O) groups excluding carboxylic acids is 1. The maximum Gasteiger partial charge on any atom is 0.215 e. The lowest BCUT2D eigenvalue weighted by Crippen LogP contribution is -2.11. The van der Waals surface area contributed by atoms with Gasteiger partial charge in [-0.1, -0.05) is 23.3 Å². The summed E-state index contributed by atoms with van der Waals surface area (Å²) in [6, 6.07) is 11.3. The van der Waals surface area contributed by atoms with Gasteiger partial charge >= 0.3 is 0 Å². The monoisotopic (exact) mass is 290 g/mol. The van der Waals surface area contributed by atoms with Gasteiger partial charge < -0.3 is 10.1 Å². The minimum atomic E-state index is -0.155. The van der Waals surface area contributed by atoms with Crippen molar-refractivity contribution < 1.29 is 9.90 Å². The van der Waals surface area contributed by atoms with Gasteiger partial charge in [-0.25, -0.2) is 4.99 Å². The molecule has 0 spiro atoms. The van der Waals surface area contributed by atoms with Gasteiger partial charge in [-0.05, 0) is 38.1 Å². The van der Waals surface area contributed by atoms with Crippen molar-refractivity contribution >= 4 is 28.1 Å². The van der Waals surface area contributed by atoms with E-state index in [2.05, 4.69) is 9.98 Å². The normalized spacial score (nSPS) is 13.5. The molecule has 0 aliphatic carbocycles. The number of aromatic amines is 1. The van der Waals surface area contributed by atoms with E-state index in [1.165, 1.54) is 0 Å². The molecule has 4 rings (SSSR count). The van der Waals surface area contributed by atoms with Gasteiger partial charge in [0, 0.05) is 10.9 Å². The van der Waals surface area contributed by atoms with Crippen molar-refractivity contribution in [3.63, 3.8) is 0 Å². The molecule has 0 unspecified atom stereocenters. The number of benzene rings is 2. The standard InChI is InChI=1S/C18H14N2O2/c1-9-3-5-13-11(7-9)17(21)15(19-13)16-18(22)12-8-10(2)4-6-14(12)20-16/h3-8,19,21H,1-2H3. The summed E-state index contributed by atoms with van der Waals surface area (Å²) in [7, 11) is 0. The molecule has 0 fully saturated rings. The summed E-state index contributed by atoms with van der Waals surface area (Å²) in [6.45, 7) is 3.90. The molecule has 2 aromatic carbocycles. The Balaban J connectivity index is 1.91. The Kier molecular flexibility index (Phi) is 2.51. The van der Waals surface area contributed by atoms with E-state index in [-0.39, 0.29) is 17.2 Å². The topological polar surface area (TPSA) is 65.5 Å². The fourth-order valence-corrected chi connectivity index (χ4v) is 2.86. The van der Waals surface area contributed by atoms with Crippen molar-refractivity contribution in [2.45, 2.75) is 13.8 Å². The van der Waals surface area contributed by atoms with Crippen molar-refractivity contribution in [3.8, 4) is 5.75 Å². The first-order valence-electron chi connectivity index (χ1n) is 7.10. The molecule has 3 aromatic rings. The third-order valence-electron chi connectivity index (χ3n) is 4.01. The molecule has 0 bridgehead atoms. The van der Waals surface area contributed by atoms with Crippen LogP contribution >= 0.6 is 0 Å². The van der Waals surface area contributed by atoms with Gasteiger partial charge in [0.2, 0.25) is 5.78 Å². The largest absolute Gasteiger partial charge is 0.505 e. The number of aromatic nitrogens is 1. The zero-order chi connectivity index (χ0) is 15.4. The Bertz CT molecular complexity index is 980. The molecule has 2 N–H and O–H groups in total. The van der Waals surface area contributed by atoms with Gasteiger partial charge in [0.1, 0.15) is 11.4 Å². The lowest BCUT2D eigenvalue weighted by atomic mass is 10.0. The molecule has 2 heterocycles. The van der Waals surface area contributed by atoms with Crippen LogP contribution in [0.15, 0.2) is 41.4 Å². The lowest BCUT2D eigenvalue weighted by molar-refractivity contribution is 0.106. The quantitative estimate of drug-likeness (QED) is 0.715. The van der Waals surface area contributed by atoms with Gasteiger partial charge in [0.05, 0.1) is 11.3 Å². The van der Waals surface area contributed by atoms with Crippen molar-refractivity contribution in [2.24, 2.45) is 4.99 Å². The molecule has 0 saturated carbocycles. The number of aromatic hydroxyl groups is 1. The van der Waals surface area contributed by atoms with Crippen molar-refractivity contribution in [3.05, 3.63) is 58.8 Å². The Hall–Kier alpha value is -2.88. The van der Waals surface area contributed by atoms with Crippen LogP contribution in [-0.2, 0) is 0 Å². The highest BCUT2D eigenvalue weighted by Crippen LogP contribution is 2.35. The van der Waals surface area contributed by atoms with Crippen molar-refractivity contribution in [2.75, 3.05) is 0 Å². The third kappa shape index (κ3) is 1.70. The van der Waals surface area contributed by atoms with Crippen LogP contribution in [0.25, 0.3) is 10.9 Å². The molecular weight excluding hydrogens is 276 g/mol. The molecule has 0 saturated heterocycles. The number of hydrogen-bond acceptors (Lipinski definition) is 3. The fraction of sp³-hybridized carbons (Fsp3) is 0.111. The second-order valence-electron chi connectivity index (χ2n) is 5.71. The minimum absolute atomic E-state index is 0.0790. The number of nitrogens with one attached hydrogen (secondary N) is 1. The average molecular weight is 290 g/mol. The van der Waals surface area contributed by atoms with E-state index in [4.69, 9.17) is 0 Å². The van der Waals surface area contributed by atoms with Gasteiger partial charge in [0.25, 0.3) is 0 Å². The minimum Gasteiger partial charge on any atom is -0.505 e. The number of aryl methyl sites for hydroxylation is 2. The maximum atomic E-state index is 12.6. The number of hydrogen-bond donors (Lipinski definition) is 2. The van der Waals surface area contributed by atoms with E-state index >= 15 is 0 Å². The summed E-state index contributed by atoms with van der Waals surface area (Å²) >= 11 is 0. The number of rotatable bonds is 1. The lowest BCUT2D eigenvalue weighted by Gasteiger charge is -1.98. The molecule has 0 amide bonds. The molecule has 4 heteroatoms. The van der Waals surface area contributed by atoms with Gasteiger partial charge in [-0.3, -0.25) is 4.79 Å². The predicted molar refractivity (Wildman–Crippen MR) is 86.4 cm³/mol. The Labute approximate surface area is 127 Å². The zero-order valence-electron chi connectivity index (χ0n) is 12.3. The van der Waals surface area contributed by atoms with Crippen LogP contribution in [0, 0.1) is 13.8 Å². The van der Waals surface area contributed by atoms with Crippen LogP contribution in [0.2, 0.25) is 0 Å². The Morgan fingerprint density at radius 2 is 1.77 bits per heavy atom. The van der Waals surface area contributed by atoms with Crippen LogP contribution in [0.4, 0.5) is 5.69 Å². The summed E-state index contributed by atoms with van der Waals surface area (Å²) in [6.07, 6.45) is 0. The van der Waals surface area contributed by atoms with Gasteiger partial charge in [0.15, 0.2) is 5.75 Å². The SMILES string of the molecule is Cc1ccc2c(c1)C(=O)C(c1[nH]c3ccc(C)cc3c1O)=N2. The number of fused-ring (bicyclic) bond motifs is 2. The van der Waals surface area contributed by atoms with Crippen LogP contribution < -0.4 is 0 Å². The highest BCUT2D eigenvalue weighted by molar-refractivity contribution is 6.55. The number of nitrogens with zero attached hydrogens (tertiary/aromatic N) is 1. The third-order valence-corrected chi connectivity index (χ3v) is 4.01. The predicted octanol–water partition coefficient (Wildman–Crippen LogP) is 3.81. The van der Waals surface area contributed by atoms with E-state index in [1.54, 1.807) is 0 Å².